The van der Waals surface area contributed by atoms with Gasteiger partial charge in [0.15, 0.2) is 0 Å². The summed E-state index contributed by atoms with van der Waals surface area (Å²) in [5, 5.41) is 0. The van der Waals surface area contributed by atoms with Gasteiger partial charge in [-0.25, -0.2) is 4.98 Å². The normalized spacial score (nSPS) is 13.4. The van der Waals surface area contributed by atoms with Crippen LogP contribution in [0.5, 0.6) is 0 Å². The van der Waals surface area contributed by atoms with E-state index in [1.54, 1.807) is 6.33 Å². The van der Waals surface area contributed by atoms with E-state index >= 15 is 0 Å². The average Bonchev–Trinajstić information content (AvgIpc) is 2.86. The van der Waals surface area contributed by atoms with Crippen molar-refractivity contribution in [2.45, 2.75) is 38.5 Å². The standard InChI is InChI=1S/C15H20N2/c1-4-7-13(6-3)9-10-14(8-5-2)15-11-16-12-17-15/h3,8,11-14H,2,4,7,9-10H2,1H3,(H,16,17). The number of nitrogens with one attached hydrogen (secondary N) is 1. The fourth-order valence-corrected chi connectivity index (χ4v) is 1.98. The van der Waals surface area contributed by atoms with Crippen LogP contribution in [0.3, 0.4) is 0 Å². The summed E-state index contributed by atoms with van der Waals surface area (Å²) in [4.78, 5) is 7.18. The van der Waals surface area contributed by atoms with Crippen molar-refractivity contribution < 1.29 is 0 Å². The van der Waals surface area contributed by atoms with E-state index in [2.05, 4.69) is 35.1 Å². The molecular formula is C15H20N2. The lowest BCUT2D eigenvalue weighted by molar-refractivity contribution is 0.513. The van der Waals surface area contributed by atoms with Gasteiger partial charge in [0.05, 0.1) is 6.33 Å². The first kappa shape index (κ1) is 13.4. The van der Waals surface area contributed by atoms with Gasteiger partial charge in [0, 0.05) is 23.7 Å². The van der Waals surface area contributed by atoms with Crippen LogP contribution < -0.4 is 0 Å². The molecule has 0 fully saturated rings. The van der Waals surface area contributed by atoms with Crippen molar-refractivity contribution >= 4 is 0 Å². The van der Waals surface area contributed by atoms with Crippen molar-refractivity contribution in [3.8, 4) is 12.3 Å². The zero-order valence-corrected chi connectivity index (χ0v) is 10.4. The van der Waals surface area contributed by atoms with Crippen LogP contribution in [0.2, 0.25) is 0 Å². The second-order valence-electron chi connectivity index (χ2n) is 4.21. The highest BCUT2D eigenvalue weighted by Crippen LogP contribution is 2.24. The van der Waals surface area contributed by atoms with Crippen molar-refractivity contribution in [1.82, 2.24) is 9.97 Å². The van der Waals surface area contributed by atoms with Gasteiger partial charge >= 0.3 is 0 Å². The fraction of sp³-hybridized carbons (Fsp3) is 0.467. The number of aromatic amines is 1. The van der Waals surface area contributed by atoms with Crippen LogP contribution in [-0.4, -0.2) is 9.97 Å². The van der Waals surface area contributed by atoms with Crippen molar-refractivity contribution in [2.24, 2.45) is 5.92 Å². The summed E-state index contributed by atoms with van der Waals surface area (Å²) in [7, 11) is 0. The van der Waals surface area contributed by atoms with E-state index in [0.717, 1.165) is 31.4 Å². The van der Waals surface area contributed by atoms with Crippen LogP contribution in [0.1, 0.15) is 44.2 Å². The molecule has 0 aliphatic carbocycles. The molecule has 1 aromatic rings. The molecule has 0 aromatic carbocycles. The third-order valence-electron chi connectivity index (χ3n) is 2.94. The van der Waals surface area contributed by atoms with Crippen LogP contribution in [0.4, 0.5) is 0 Å². The lowest BCUT2D eigenvalue weighted by Crippen LogP contribution is -2.02. The Morgan fingerprint density at radius 3 is 2.88 bits per heavy atom. The summed E-state index contributed by atoms with van der Waals surface area (Å²) in [5.41, 5.74) is 3.96. The first-order valence-corrected chi connectivity index (χ1v) is 6.12. The maximum Gasteiger partial charge on any atom is 0.0921 e. The van der Waals surface area contributed by atoms with E-state index in [1.807, 2.05) is 12.3 Å². The molecule has 1 heterocycles. The number of terminal acetylenes is 1. The topological polar surface area (TPSA) is 28.7 Å². The molecular weight excluding hydrogens is 208 g/mol. The van der Waals surface area contributed by atoms with Crippen LogP contribution in [-0.2, 0) is 0 Å². The second kappa shape index (κ2) is 7.54. The third kappa shape index (κ3) is 4.34. The monoisotopic (exact) mass is 228 g/mol. The first-order chi connectivity index (χ1) is 8.31. The van der Waals surface area contributed by atoms with Crippen molar-refractivity contribution in [3.05, 3.63) is 36.6 Å². The molecule has 90 valence electrons. The SMILES string of the molecule is C#CC(CCC)CCC(C=C=C)c1cnc[nH]1. The van der Waals surface area contributed by atoms with Gasteiger partial charge in [-0.05, 0) is 25.3 Å². The molecule has 2 heteroatoms. The number of nitrogens with zero attached hydrogens (tertiary/aromatic N) is 1. The molecule has 0 amide bonds. The predicted octanol–water partition coefficient (Wildman–Crippen LogP) is 3.66. The number of hydrogen-bond donors (Lipinski definition) is 1. The van der Waals surface area contributed by atoms with Crippen LogP contribution in [0.15, 0.2) is 30.9 Å². The summed E-state index contributed by atoms with van der Waals surface area (Å²) < 4.78 is 0. The summed E-state index contributed by atoms with van der Waals surface area (Å²) in [6.45, 7) is 5.81. The number of aromatic nitrogens is 2. The zero-order chi connectivity index (χ0) is 12.5. The van der Waals surface area contributed by atoms with E-state index < -0.39 is 0 Å². The van der Waals surface area contributed by atoms with E-state index in [1.165, 1.54) is 0 Å². The molecule has 1 rings (SSSR count). The number of hydrogen-bond acceptors (Lipinski definition) is 1. The number of rotatable bonds is 7. The Morgan fingerprint density at radius 2 is 2.35 bits per heavy atom. The average molecular weight is 228 g/mol. The molecule has 1 aromatic heterocycles. The molecule has 1 N–H and O–H groups in total. The third-order valence-corrected chi connectivity index (χ3v) is 2.94. The lowest BCUT2D eigenvalue weighted by atomic mass is 9.92. The van der Waals surface area contributed by atoms with E-state index in [9.17, 15) is 0 Å². The molecule has 0 radical (unpaired) electrons. The Hall–Kier alpha value is -1.71. The van der Waals surface area contributed by atoms with Crippen molar-refractivity contribution in [3.63, 3.8) is 0 Å². The first-order valence-electron chi connectivity index (χ1n) is 6.12. The molecule has 0 aliphatic heterocycles. The molecule has 0 spiro atoms. The molecule has 0 aliphatic rings. The number of allylic oxidation sites excluding steroid dienone is 1. The van der Waals surface area contributed by atoms with Crippen molar-refractivity contribution in [2.75, 3.05) is 0 Å². The Labute approximate surface area is 104 Å². The van der Waals surface area contributed by atoms with Gasteiger partial charge in [-0.15, -0.1) is 18.1 Å². The minimum atomic E-state index is 0.294. The highest BCUT2D eigenvalue weighted by Gasteiger charge is 2.12. The summed E-state index contributed by atoms with van der Waals surface area (Å²) in [6.07, 6.45) is 15.3. The van der Waals surface area contributed by atoms with Gasteiger partial charge in [0.1, 0.15) is 0 Å². The molecule has 17 heavy (non-hydrogen) atoms. The molecule has 0 bridgehead atoms. The maximum atomic E-state index is 5.53. The van der Waals surface area contributed by atoms with E-state index in [0.29, 0.717) is 11.8 Å². The minimum absolute atomic E-state index is 0.294. The second-order valence-corrected chi connectivity index (χ2v) is 4.21. The summed E-state index contributed by atoms with van der Waals surface area (Å²) >= 11 is 0. The van der Waals surface area contributed by atoms with E-state index in [4.69, 9.17) is 6.42 Å². The summed E-state index contributed by atoms with van der Waals surface area (Å²) in [5.74, 6) is 3.54. The van der Waals surface area contributed by atoms with Crippen LogP contribution in [0, 0.1) is 18.3 Å². The highest BCUT2D eigenvalue weighted by atomic mass is 14.9. The minimum Gasteiger partial charge on any atom is -0.348 e. The molecule has 0 saturated carbocycles. The largest absolute Gasteiger partial charge is 0.348 e. The van der Waals surface area contributed by atoms with Gasteiger partial charge in [-0.3, -0.25) is 0 Å². The quantitative estimate of drug-likeness (QED) is 0.560. The maximum absolute atomic E-state index is 5.53. The van der Waals surface area contributed by atoms with Gasteiger partial charge in [-0.2, -0.15) is 0 Å². The Balaban J connectivity index is 2.57. The Bertz CT molecular complexity index is 391. The molecule has 2 nitrogen and oxygen atoms in total. The van der Waals surface area contributed by atoms with Gasteiger partial charge < -0.3 is 4.98 Å². The molecule has 2 atom stereocenters. The van der Waals surface area contributed by atoms with Gasteiger partial charge in [-0.1, -0.05) is 19.9 Å². The van der Waals surface area contributed by atoms with Crippen LogP contribution >= 0.6 is 0 Å². The Kier molecular flexibility index (Phi) is 5.93. The predicted molar refractivity (Wildman–Crippen MR) is 71.5 cm³/mol. The zero-order valence-electron chi connectivity index (χ0n) is 10.4. The number of H-pyrrole nitrogens is 1. The fourth-order valence-electron chi connectivity index (χ4n) is 1.98. The lowest BCUT2D eigenvalue weighted by Gasteiger charge is -2.13. The molecule has 2 unspecified atom stereocenters. The van der Waals surface area contributed by atoms with Crippen molar-refractivity contribution in [1.29, 1.82) is 0 Å². The van der Waals surface area contributed by atoms with Gasteiger partial charge in [0.2, 0.25) is 0 Å². The Morgan fingerprint density at radius 1 is 1.53 bits per heavy atom. The van der Waals surface area contributed by atoms with Crippen LogP contribution in [0.25, 0.3) is 0 Å². The van der Waals surface area contributed by atoms with Gasteiger partial charge in [0.25, 0.3) is 0 Å². The van der Waals surface area contributed by atoms with E-state index in [-0.39, 0.29) is 0 Å². The smallest absolute Gasteiger partial charge is 0.0921 e. The number of imidazole rings is 1. The molecule has 0 saturated heterocycles. The highest BCUT2D eigenvalue weighted by molar-refractivity contribution is 5.11. The summed E-state index contributed by atoms with van der Waals surface area (Å²) in [6, 6.07) is 0.